The highest BCUT2D eigenvalue weighted by molar-refractivity contribution is 7.98. The molecular weight excluding hydrogens is 268 g/mol. The van der Waals surface area contributed by atoms with Crippen LogP contribution in [0.1, 0.15) is 19.8 Å². The minimum Gasteiger partial charge on any atom is -0.367 e. The van der Waals surface area contributed by atoms with Crippen LogP contribution in [0.5, 0.6) is 0 Å². The van der Waals surface area contributed by atoms with E-state index in [0.717, 1.165) is 25.2 Å². The van der Waals surface area contributed by atoms with Crippen LogP contribution in [-0.4, -0.2) is 46.8 Å². The van der Waals surface area contributed by atoms with Crippen molar-refractivity contribution >= 4 is 29.2 Å². The summed E-state index contributed by atoms with van der Waals surface area (Å²) in [4.78, 5) is 11.0. The zero-order valence-electron chi connectivity index (χ0n) is 11.0. The van der Waals surface area contributed by atoms with Gasteiger partial charge in [-0.25, -0.2) is 9.97 Å². The summed E-state index contributed by atoms with van der Waals surface area (Å²) in [6.07, 6.45) is 4.22. The standard InChI is InChI=1S/C12H19ClN4S/c1-8-6-9(4-5-17(8)2)14-11-7-10(13)15-12(16-11)18-3/h7-9H,4-6H2,1-3H3,(H,14,15,16). The second kappa shape index (κ2) is 6.08. The van der Waals surface area contributed by atoms with Crippen LogP contribution in [0.2, 0.25) is 5.15 Å². The quantitative estimate of drug-likeness (QED) is 0.526. The van der Waals surface area contributed by atoms with Gasteiger partial charge >= 0.3 is 0 Å². The summed E-state index contributed by atoms with van der Waals surface area (Å²) >= 11 is 7.49. The molecule has 1 saturated heterocycles. The molecule has 18 heavy (non-hydrogen) atoms. The Kier molecular flexibility index (Phi) is 4.70. The third-order valence-corrected chi connectivity index (χ3v) is 4.16. The molecule has 0 amide bonds. The Bertz CT molecular complexity index is 415. The summed E-state index contributed by atoms with van der Waals surface area (Å²) in [5.74, 6) is 0.834. The van der Waals surface area contributed by atoms with E-state index in [-0.39, 0.29) is 0 Å². The lowest BCUT2D eigenvalue weighted by Crippen LogP contribution is -2.42. The van der Waals surface area contributed by atoms with Crippen molar-refractivity contribution in [2.24, 2.45) is 0 Å². The highest BCUT2D eigenvalue weighted by atomic mass is 35.5. The summed E-state index contributed by atoms with van der Waals surface area (Å²) in [5, 5.41) is 4.68. The zero-order valence-corrected chi connectivity index (χ0v) is 12.6. The third-order valence-electron chi connectivity index (χ3n) is 3.42. The molecule has 2 atom stereocenters. The second-order valence-corrected chi connectivity index (χ2v) is 5.92. The van der Waals surface area contributed by atoms with Crippen molar-refractivity contribution in [1.29, 1.82) is 0 Å². The van der Waals surface area contributed by atoms with Crippen molar-refractivity contribution in [2.75, 3.05) is 25.2 Å². The number of thioether (sulfide) groups is 1. The fourth-order valence-corrected chi connectivity index (χ4v) is 2.80. The molecule has 0 spiro atoms. The minimum atomic E-state index is 0.469. The number of hydrogen-bond donors (Lipinski definition) is 1. The second-order valence-electron chi connectivity index (χ2n) is 4.76. The van der Waals surface area contributed by atoms with Gasteiger partial charge in [0.15, 0.2) is 5.16 Å². The molecule has 0 radical (unpaired) electrons. The first-order chi connectivity index (χ1) is 8.58. The van der Waals surface area contributed by atoms with Gasteiger partial charge in [-0.05, 0) is 33.1 Å². The van der Waals surface area contributed by atoms with E-state index in [1.165, 1.54) is 11.8 Å². The normalized spacial score (nSPS) is 25.1. The van der Waals surface area contributed by atoms with Gasteiger partial charge in [0.25, 0.3) is 0 Å². The molecule has 0 aromatic carbocycles. The van der Waals surface area contributed by atoms with Gasteiger partial charge in [-0.3, -0.25) is 0 Å². The maximum atomic E-state index is 5.99. The molecular formula is C12H19ClN4S. The van der Waals surface area contributed by atoms with Crippen LogP contribution in [-0.2, 0) is 0 Å². The average molecular weight is 287 g/mol. The van der Waals surface area contributed by atoms with Crippen LogP contribution in [0.3, 0.4) is 0 Å². The number of aromatic nitrogens is 2. The van der Waals surface area contributed by atoms with Crippen LogP contribution in [0, 0.1) is 0 Å². The fourth-order valence-electron chi connectivity index (χ4n) is 2.19. The molecule has 1 aromatic rings. The molecule has 6 heteroatoms. The predicted molar refractivity (Wildman–Crippen MR) is 77.6 cm³/mol. The van der Waals surface area contributed by atoms with E-state index in [1.54, 1.807) is 6.07 Å². The first-order valence-corrected chi connectivity index (χ1v) is 7.74. The maximum absolute atomic E-state index is 5.99. The van der Waals surface area contributed by atoms with Crippen LogP contribution in [0.4, 0.5) is 5.82 Å². The smallest absolute Gasteiger partial charge is 0.190 e. The van der Waals surface area contributed by atoms with Crippen LogP contribution in [0.25, 0.3) is 0 Å². The minimum absolute atomic E-state index is 0.469. The van der Waals surface area contributed by atoms with Gasteiger partial charge in [0.2, 0.25) is 0 Å². The van der Waals surface area contributed by atoms with Crippen molar-refractivity contribution < 1.29 is 0 Å². The number of piperidine rings is 1. The van der Waals surface area contributed by atoms with Crippen molar-refractivity contribution in [1.82, 2.24) is 14.9 Å². The highest BCUT2D eigenvalue weighted by Crippen LogP contribution is 2.22. The predicted octanol–water partition coefficient (Wildman–Crippen LogP) is 2.75. The van der Waals surface area contributed by atoms with Gasteiger partial charge in [-0.15, -0.1) is 0 Å². The SMILES string of the molecule is CSc1nc(Cl)cc(NC2CCN(C)C(C)C2)n1. The third kappa shape index (κ3) is 3.49. The Labute approximate surface area is 118 Å². The number of halogens is 1. The Morgan fingerprint density at radius 1 is 1.50 bits per heavy atom. The van der Waals surface area contributed by atoms with E-state index in [4.69, 9.17) is 11.6 Å². The summed E-state index contributed by atoms with van der Waals surface area (Å²) in [6.45, 7) is 3.38. The van der Waals surface area contributed by atoms with Crippen LogP contribution in [0.15, 0.2) is 11.2 Å². The molecule has 1 aliphatic rings. The van der Waals surface area contributed by atoms with Gasteiger partial charge in [0.05, 0.1) is 0 Å². The lowest BCUT2D eigenvalue weighted by Gasteiger charge is -2.35. The van der Waals surface area contributed by atoms with Crippen molar-refractivity contribution in [2.45, 2.75) is 37.0 Å². The van der Waals surface area contributed by atoms with Gasteiger partial charge in [-0.1, -0.05) is 23.4 Å². The number of hydrogen-bond acceptors (Lipinski definition) is 5. The molecule has 0 bridgehead atoms. The molecule has 100 valence electrons. The summed E-state index contributed by atoms with van der Waals surface area (Å²) in [5.41, 5.74) is 0. The molecule has 0 saturated carbocycles. The van der Waals surface area contributed by atoms with Gasteiger partial charge in [0.1, 0.15) is 11.0 Å². The Morgan fingerprint density at radius 2 is 2.28 bits per heavy atom. The Morgan fingerprint density at radius 3 is 2.94 bits per heavy atom. The first kappa shape index (κ1) is 13.9. The number of nitrogens with zero attached hydrogens (tertiary/aromatic N) is 3. The molecule has 0 aliphatic carbocycles. The number of anilines is 1. The van der Waals surface area contributed by atoms with E-state index in [2.05, 4.69) is 34.2 Å². The topological polar surface area (TPSA) is 41.1 Å². The lowest BCUT2D eigenvalue weighted by atomic mass is 9.99. The molecule has 1 aliphatic heterocycles. The van der Waals surface area contributed by atoms with Gasteiger partial charge < -0.3 is 10.2 Å². The van der Waals surface area contributed by atoms with E-state index >= 15 is 0 Å². The summed E-state index contributed by atoms with van der Waals surface area (Å²) < 4.78 is 0. The lowest BCUT2D eigenvalue weighted by molar-refractivity contribution is 0.190. The molecule has 1 N–H and O–H groups in total. The summed E-state index contributed by atoms with van der Waals surface area (Å²) in [6, 6.07) is 2.87. The number of rotatable bonds is 3. The van der Waals surface area contributed by atoms with Crippen LogP contribution < -0.4 is 5.32 Å². The van der Waals surface area contributed by atoms with Crippen molar-refractivity contribution in [3.8, 4) is 0 Å². The molecule has 1 fully saturated rings. The largest absolute Gasteiger partial charge is 0.367 e. The Balaban J connectivity index is 2.03. The molecule has 2 unspecified atom stereocenters. The summed E-state index contributed by atoms with van der Waals surface area (Å²) in [7, 11) is 2.17. The Hall–Kier alpha value is -0.520. The fraction of sp³-hybridized carbons (Fsp3) is 0.667. The average Bonchev–Trinajstić information content (AvgIpc) is 2.33. The first-order valence-electron chi connectivity index (χ1n) is 6.14. The van der Waals surface area contributed by atoms with Crippen molar-refractivity contribution in [3.05, 3.63) is 11.2 Å². The van der Waals surface area contributed by atoms with E-state index in [9.17, 15) is 0 Å². The number of likely N-dealkylation sites (tertiary alicyclic amines) is 1. The van der Waals surface area contributed by atoms with Crippen LogP contribution >= 0.6 is 23.4 Å². The van der Waals surface area contributed by atoms with E-state index < -0.39 is 0 Å². The van der Waals surface area contributed by atoms with E-state index in [1.807, 2.05) is 6.26 Å². The zero-order chi connectivity index (χ0) is 13.1. The molecule has 2 heterocycles. The molecule has 1 aromatic heterocycles. The van der Waals surface area contributed by atoms with Gasteiger partial charge in [-0.2, -0.15) is 0 Å². The number of nitrogens with one attached hydrogen (secondary N) is 1. The molecule has 2 rings (SSSR count). The molecule has 4 nitrogen and oxygen atoms in total. The van der Waals surface area contributed by atoms with E-state index in [0.29, 0.717) is 22.4 Å². The monoisotopic (exact) mass is 286 g/mol. The highest BCUT2D eigenvalue weighted by Gasteiger charge is 2.22. The van der Waals surface area contributed by atoms with Crippen molar-refractivity contribution in [3.63, 3.8) is 0 Å². The van der Waals surface area contributed by atoms with Gasteiger partial charge in [0, 0.05) is 24.7 Å². The maximum Gasteiger partial charge on any atom is 0.190 e.